The van der Waals surface area contributed by atoms with Crippen molar-refractivity contribution in [2.45, 2.75) is 33.2 Å². The number of carbonyl (C=O) groups excluding carboxylic acids is 1. The second-order valence-electron chi connectivity index (χ2n) is 6.17. The molecule has 0 aliphatic carbocycles. The van der Waals surface area contributed by atoms with Gasteiger partial charge in [0.25, 0.3) is 11.6 Å². The Morgan fingerprint density at radius 1 is 1.38 bits per heavy atom. The molecule has 1 amide bonds. The minimum atomic E-state index is -0.116. The molecule has 0 atom stereocenters. The van der Waals surface area contributed by atoms with Crippen molar-refractivity contribution in [2.75, 3.05) is 20.3 Å². The van der Waals surface area contributed by atoms with Crippen LogP contribution in [0.2, 0.25) is 0 Å². The molecule has 3 rings (SSSR count). The van der Waals surface area contributed by atoms with Crippen LogP contribution in [0, 0.1) is 6.92 Å². The van der Waals surface area contributed by atoms with E-state index < -0.39 is 0 Å². The van der Waals surface area contributed by atoms with Gasteiger partial charge in [-0.1, -0.05) is 18.5 Å². The van der Waals surface area contributed by atoms with Gasteiger partial charge in [0, 0.05) is 19.3 Å². The van der Waals surface area contributed by atoms with Crippen molar-refractivity contribution in [3.63, 3.8) is 0 Å². The van der Waals surface area contributed by atoms with Crippen LogP contribution in [0.4, 0.5) is 0 Å². The van der Waals surface area contributed by atoms with Crippen molar-refractivity contribution in [1.29, 1.82) is 0 Å². The van der Waals surface area contributed by atoms with Crippen molar-refractivity contribution in [3.05, 3.63) is 47.2 Å². The number of hydrogen-bond acceptors (Lipinski definition) is 6. The van der Waals surface area contributed by atoms with E-state index in [1.165, 1.54) is 0 Å². The van der Waals surface area contributed by atoms with Gasteiger partial charge in [-0.15, -0.1) is 0 Å². The predicted octanol–water partition coefficient (Wildman–Crippen LogP) is 3.37. The lowest BCUT2D eigenvalue weighted by Gasteiger charge is -2.22. The van der Waals surface area contributed by atoms with Gasteiger partial charge in [-0.05, 0) is 31.5 Å². The molecular weight excluding hydrogens is 334 g/mol. The number of amides is 1. The first-order valence-electron chi connectivity index (χ1n) is 8.70. The monoisotopic (exact) mass is 357 g/mol. The van der Waals surface area contributed by atoms with Gasteiger partial charge in [-0.2, -0.15) is 0 Å². The van der Waals surface area contributed by atoms with Crippen LogP contribution in [0.1, 0.15) is 40.9 Å². The van der Waals surface area contributed by atoms with Crippen molar-refractivity contribution >= 4 is 17.0 Å². The van der Waals surface area contributed by atoms with Crippen molar-refractivity contribution < 1.29 is 18.5 Å². The molecule has 0 saturated heterocycles. The predicted molar refractivity (Wildman–Crippen MR) is 95.9 cm³/mol. The molecule has 26 heavy (non-hydrogen) atoms. The van der Waals surface area contributed by atoms with E-state index in [4.69, 9.17) is 13.7 Å². The van der Waals surface area contributed by atoms with E-state index in [1.807, 2.05) is 19.1 Å². The van der Waals surface area contributed by atoms with E-state index in [9.17, 15) is 4.79 Å². The molecule has 0 spiro atoms. The smallest absolute Gasteiger partial charge is 0.258 e. The highest BCUT2D eigenvalue weighted by molar-refractivity contribution is 6.06. The highest BCUT2D eigenvalue weighted by atomic mass is 16.5. The Labute approximate surface area is 151 Å². The number of ether oxygens (including phenoxy) is 1. The Bertz CT molecular complexity index is 870. The fourth-order valence-electron chi connectivity index (χ4n) is 2.92. The summed E-state index contributed by atoms with van der Waals surface area (Å²) in [6, 6.07) is 5.45. The number of aryl methyl sites for hydroxylation is 2. The summed E-state index contributed by atoms with van der Waals surface area (Å²) in [7, 11) is 1.61. The Morgan fingerprint density at radius 2 is 2.23 bits per heavy atom. The summed E-state index contributed by atoms with van der Waals surface area (Å²) in [6.07, 6.45) is 3.24. The highest BCUT2D eigenvalue weighted by Crippen LogP contribution is 2.25. The molecule has 0 aromatic carbocycles. The molecule has 138 valence electrons. The number of methoxy groups -OCH3 is 1. The number of fused-ring (bicyclic) bond motifs is 1. The van der Waals surface area contributed by atoms with Crippen molar-refractivity contribution in [1.82, 2.24) is 15.0 Å². The van der Waals surface area contributed by atoms with Gasteiger partial charge in [0.2, 0.25) is 0 Å². The summed E-state index contributed by atoms with van der Waals surface area (Å²) < 4.78 is 15.9. The van der Waals surface area contributed by atoms with Crippen LogP contribution in [-0.4, -0.2) is 41.2 Å². The minimum Gasteiger partial charge on any atom is -0.467 e. The van der Waals surface area contributed by atoms with Crippen LogP contribution in [0.5, 0.6) is 0 Å². The topological polar surface area (TPSA) is 81.6 Å². The van der Waals surface area contributed by atoms with Gasteiger partial charge in [-0.25, -0.2) is 4.98 Å². The van der Waals surface area contributed by atoms with Crippen LogP contribution in [0.3, 0.4) is 0 Å². The van der Waals surface area contributed by atoms with Gasteiger partial charge in [0.05, 0.1) is 36.1 Å². The SMILES string of the molecule is CCCc1noc2nc(C)cc(C(=O)N(CCOC)Cc3ccco3)c12. The molecule has 3 aromatic rings. The first-order chi connectivity index (χ1) is 12.6. The maximum absolute atomic E-state index is 13.3. The lowest BCUT2D eigenvalue weighted by atomic mass is 10.1. The standard InChI is InChI=1S/C19H23N3O4/c1-4-6-16-17-15(11-13(2)20-18(17)26-21-16)19(23)22(8-10-24-3)12-14-7-5-9-25-14/h5,7,9,11H,4,6,8,10,12H2,1-3H3. The number of rotatable bonds is 8. The van der Waals surface area contributed by atoms with Gasteiger partial charge in [-0.3, -0.25) is 4.79 Å². The molecule has 0 unspecified atom stereocenters. The second kappa shape index (κ2) is 8.14. The number of pyridine rings is 1. The first kappa shape index (κ1) is 18.1. The zero-order valence-electron chi connectivity index (χ0n) is 15.3. The summed E-state index contributed by atoms with van der Waals surface area (Å²) in [5, 5.41) is 4.81. The number of nitrogens with zero attached hydrogens (tertiary/aromatic N) is 3. The maximum Gasteiger partial charge on any atom is 0.258 e. The largest absolute Gasteiger partial charge is 0.467 e. The van der Waals surface area contributed by atoms with Crippen molar-refractivity contribution in [2.24, 2.45) is 0 Å². The molecule has 0 radical (unpaired) electrons. The summed E-state index contributed by atoms with van der Waals surface area (Å²) in [5.74, 6) is 0.602. The zero-order valence-corrected chi connectivity index (χ0v) is 15.3. The molecule has 7 heteroatoms. The molecule has 0 bridgehead atoms. The quantitative estimate of drug-likeness (QED) is 0.615. The lowest BCUT2D eigenvalue weighted by molar-refractivity contribution is 0.0668. The van der Waals surface area contributed by atoms with E-state index in [0.717, 1.165) is 24.3 Å². The molecule has 3 aromatic heterocycles. The molecule has 0 N–H and O–H groups in total. The Hall–Kier alpha value is -2.67. The van der Waals surface area contributed by atoms with Gasteiger partial charge in [0.15, 0.2) is 0 Å². The summed E-state index contributed by atoms with van der Waals surface area (Å²) in [6.45, 7) is 5.15. The van der Waals surface area contributed by atoms with Crippen LogP contribution in [-0.2, 0) is 17.7 Å². The average molecular weight is 357 g/mol. The summed E-state index contributed by atoms with van der Waals surface area (Å²) in [5.41, 5.74) is 2.44. The van der Waals surface area contributed by atoms with Crippen LogP contribution in [0.15, 0.2) is 33.4 Å². The minimum absolute atomic E-state index is 0.116. The molecule has 0 fully saturated rings. The Balaban J connectivity index is 2.00. The maximum atomic E-state index is 13.3. The number of aromatic nitrogens is 2. The van der Waals surface area contributed by atoms with E-state index in [0.29, 0.717) is 42.1 Å². The molecular formula is C19H23N3O4. The van der Waals surface area contributed by atoms with Crippen LogP contribution < -0.4 is 0 Å². The molecule has 3 heterocycles. The molecule has 7 nitrogen and oxygen atoms in total. The third-order valence-electron chi connectivity index (χ3n) is 4.14. The highest BCUT2D eigenvalue weighted by Gasteiger charge is 2.24. The third kappa shape index (κ3) is 3.77. The molecule has 0 aliphatic heterocycles. The Morgan fingerprint density at radius 3 is 2.92 bits per heavy atom. The van der Waals surface area contributed by atoms with Gasteiger partial charge >= 0.3 is 0 Å². The normalized spacial score (nSPS) is 11.2. The van der Waals surface area contributed by atoms with Crippen molar-refractivity contribution in [3.8, 4) is 0 Å². The summed E-state index contributed by atoms with van der Waals surface area (Å²) >= 11 is 0. The van der Waals surface area contributed by atoms with Crippen LogP contribution >= 0.6 is 0 Å². The first-order valence-corrected chi connectivity index (χ1v) is 8.70. The zero-order chi connectivity index (χ0) is 18.5. The van der Waals surface area contributed by atoms with Gasteiger partial charge in [0.1, 0.15) is 5.76 Å². The third-order valence-corrected chi connectivity index (χ3v) is 4.14. The van der Waals surface area contributed by atoms with E-state index in [-0.39, 0.29) is 5.91 Å². The number of carbonyl (C=O) groups is 1. The van der Waals surface area contributed by atoms with E-state index in [1.54, 1.807) is 24.3 Å². The second-order valence-corrected chi connectivity index (χ2v) is 6.17. The lowest BCUT2D eigenvalue weighted by Crippen LogP contribution is -2.33. The summed E-state index contributed by atoms with van der Waals surface area (Å²) in [4.78, 5) is 19.4. The molecule has 0 aliphatic rings. The van der Waals surface area contributed by atoms with E-state index >= 15 is 0 Å². The molecule has 0 saturated carbocycles. The van der Waals surface area contributed by atoms with E-state index in [2.05, 4.69) is 17.1 Å². The average Bonchev–Trinajstić information content (AvgIpc) is 3.27. The Kier molecular flexibility index (Phi) is 5.68. The van der Waals surface area contributed by atoms with Crippen LogP contribution in [0.25, 0.3) is 11.1 Å². The number of furan rings is 1. The fraction of sp³-hybridized carbons (Fsp3) is 0.421. The van der Waals surface area contributed by atoms with Gasteiger partial charge < -0.3 is 18.6 Å². The number of hydrogen-bond donors (Lipinski definition) is 0. The fourth-order valence-corrected chi connectivity index (χ4v) is 2.92.